The van der Waals surface area contributed by atoms with E-state index in [1.165, 1.54) is 0 Å². The van der Waals surface area contributed by atoms with Gasteiger partial charge in [0.1, 0.15) is 5.52 Å². The van der Waals surface area contributed by atoms with Crippen LogP contribution in [0.1, 0.15) is 11.1 Å². The summed E-state index contributed by atoms with van der Waals surface area (Å²) in [6.45, 7) is 4.10. The summed E-state index contributed by atoms with van der Waals surface area (Å²) in [7, 11) is 0. The number of benzene rings is 2. The van der Waals surface area contributed by atoms with Gasteiger partial charge in [0.2, 0.25) is 0 Å². The third-order valence-electron chi connectivity index (χ3n) is 3.10. The molecule has 5 heteroatoms. The molecular weight excluding hydrogens is 318 g/mol. The number of fused-ring (bicyclic) bond motifs is 1. The highest BCUT2D eigenvalue weighted by molar-refractivity contribution is 9.10. The molecule has 3 rings (SSSR count). The van der Waals surface area contributed by atoms with Gasteiger partial charge in [0.15, 0.2) is 5.58 Å². The smallest absolute Gasteiger partial charge is 0.300 e. The lowest BCUT2D eigenvalue weighted by molar-refractivity contribution is 0.623. The average molecular weight is 332 g/mol. The number of hydrogen-bond donors (Lipinski definition) is 2. The fourth-order valence-electron chi connectivity index (χ4n) is 2.14. The predicted molar refractivity (Wildman–Crippen MR) is 85.3 cm³/mol. The predicted octanol–water partition coefficient (Wildman–Crippen LogP) is 4.53. The van der Waals surface area contributed by atoms with E-state index in [4.69, 9.17) is 10.2 Å². The van der Waals surface area contributed by atoms with Crippen LogP contribution < -0.4 is 11.1 Å². The number of aromatic nitrogens is 1. The highest BCUT2D eigenvalue weighted by Crippen LogP contribution is 2.28. The van der Waals surface area contributed by atoms with Crippen molar-refractivity contribution in [2.75, 3.05) is 11.1 Å². The van der Waals surface area contributed by atoms with Crippen molar-refractivity contribution in [2.24, 2.45) is 0 Å². The van der Waals surface area contributed by atoms with Crippen molar-refractivity contribution in [3.8, 4) is 0 Å². The van der Waals surface area contributed by atoms with Gasteiger partial charge in [0, 0.05) is 21.9 Å². The molecule has 3 aromatic rings. The topological polar surface area (TPSA) is 64.1 Å². The van der Waals surface area contributed by atoms with Crippen LogP contribution in [0.3, 0.4) is 0 Å². The SMILES string of the molecule is Cc1cc(Nc2nc3ccc(N)cc3o2)cc(C)c1Br. The molecule has 0 amide bonds. The fourth-order valence-corrected chi connectivity index (χ4v) is 2.37. The number of nitrogens with one attached hydrogen (secondary N) is 1. The molecule has 0 atom stereocenters. The summed E-state index contributed by atoms with van der Waals surface area (Å²) in [4.78, 5) is 4.39. The number of nitrogens with two attached hydrogens (primary N) is 1. The molecule has 0 radical (unpaired) electrons. The Morgan fingerprint density at radius 2 is 1.85 bits per heavy atom. The molecule has 0 aliphatic carbocycles. The van der Waals surface area contributed by atoms with Crippen LogP contribution >= 0.6 is 15.9 Å². The van der Waals surface area contributed by atoms with E-state index in [-0.39, 0.29) is 0 Å². The third-order valence-corrected chi connectivity index (χ3v) is 4.35. The number of rotatable bonds is 2. The van der Waals surface area contributed by atoms with Gasteiger partial charge in [-0.05, 0) is 49.2 Å². The van der Waals surface area contributed by atoms with Crippen molar-refractivity contribution in [3.05, 3.63) is 45.9 Å². The molecule has 4 nitrogen and oxygen atoms in total. The molecule has 0 aliphatic rings. The highest BCUT2D eigenvalue weighted by Gasteiger charge is 2.08. The van der Waals surface area contributed by atoms with Crippen molar-refractivity contribution in [3.63, 3.8) is 0 Å². The average Bonchev–Trinajstić information content (AvgIpc) is 2.77. The van der Waals surface area contributed by atoms with E-state index in [2.05, 4.69) is 40.1 Å². The second-order valence-corrected chi connectivity index (χ2v) is 5.59. The van der Waals surface area contributed by atoms with Crippen LogP contribution in [0.5, 0.6) is 0 Å². The molecule has 3 N–H and O–H groups in total. The van der Waals surface area contributed by atoms with E-state index in [9.17, 15) is 0 Å². The second kappa shape index (κ2) is 4.83. The van der Waals surface area contributed by atoms with Gasteiger partial charge < -0.3 is 15.5 Å². The van der Waals surface area contributed by atoms with E-state index >= 15 is 0 Å². The minimum atomic E-state index is 0.465. The van der Waals surface area contributed by atoms with Gasteiger partial charge in [-0.25, -0.2) is 0 Å². The molecule has 0 bridgehead atoms. The first-order valence-corrected chi connectivity index (χ1v) is 7.02. The molecule has 102 valence electrons. The lowest BCUT2D eigenvalue weighted by Crippen LogP contribution is -1.92. The van der Waals surface area contributed by atoms with Crippen LogP contribution in [-0.2, 0) is 0 Å². The number of aryl methyl sites for hydroxylation is 2. The summed E-state index contributed by atoms with van der Waals surface area (Å²) in [6, 6.07) is 9.97. The summed E-state index contributed by atoms with van der Waals surface area (Å²) in [5, 5.41) is 3.18. The minimum Gasteiger partial charge on any atom is -0.423 e. The maximum absolute atomic E-state index is 5.73. The first-order chi connectivity index (χ1) is 9.52. The lowest BCUT2D eigenvalue weighted by atomic mass is 10.1. The van der Waals surface area contributed by atoms with E-state index in [1.54, 1.807) is 6.07 Å². The number of nitrogens with zero attached hydrogens (tertiary/aromatic N) is 1. The molecular formula is C15H14BrN3O. The molecule has 0 unspecified atom stereocenters. The number of oxazole rings is 1. The summed E-state index contributed by atoms with van der Waals surface area (Å²) in [6.07, 6.45) is 0. The molecule has 0 saturated carbocycles. The van der Waals surface area contributed by atoms with Crippen molar-refractivity contribution in [2.45, 2.75) is 13.8 Å². The van der Waals surface area contributed by atoms with Crippen LogP contribution in [-0.4, -0.2) is 4.98 Å². The fraction of sp³-hybridized carbons (Fsp3) is 0.133. The van der Waals surface area contributed by atoms with Gasteiger partial charge >= 0.3 is 0 Å². The van der Waals surface area contributed by atoms with Gasteiger partial charge in [-0.3, -0.25) is 0 Å². The minimum absolute atomic E-state index is 0.465. The largest absolute Gasteiger partial charge is 0.423 e. The summed E-state index contributed by atoms with van der Waals surface area (Å²) < 4.78 is 6.77. The zero-order chi connectivity index (χ0) is 14.3. The van der Waals surface area contributed by atoms with E-state index in [0.29, 0.717) is 17.3 Å². The maximum Gasteiger partial charge on any atom is 0.300 e. The standard InChI is InChI=1S/C15H14BrN3O/c1-8-5-11(6-9(2)14(8)16)18-15-19-12-4-3-10(17)7-13(12)20-15/h3-7H,17H2,1-2H3,(H,18,19). The van der Waals surface area contributed by atoms with Crippen molar-refractivity contribution >= 4 is 44.4 Å². The van der Waals surface area contributed by atoms with E-state index in [0.717, 1.165) is 26.8 Å². The molecule has 1 aromatic heterocycles. The maximum atomic E-state index is 5.73. The Morgan fingerprint density at radius 1 is 1.15 bits per heavy atom. The number of anilines is 3. The van der Waals surface area contributed by atoms with E-state index in [1.807, 2.05) is 24.3 Å². The zero-order valence-electron chi connectivity index (χ0n) is 11.2. The summed E-state index contributed by atoms with van der Waals surface area (Å²) in [5.74, 6) is 0. The first kappa shape index (κ1) is 13.0. The Kier molecular flexibility index (Phi) is 3.14. The van der Waals surface area contributed by atoms with Crippen LogP contribution in [0.25, 0.3) is 11.1 Å². The van der Waals surface area contributed by atoms with E-state index < -0.39 is 0 Å². The van der Waals surface area contributed by atoms with Gasteiger partial charge in [-0.15, -0.1) is 0 Å². The molecule has 0 fully saturated rings. The number of hydrogen-bond acceptors (Lipinski definition) is 4. The van der Waals surface area contributed by atoms with Crippen LogP contribution in [0.2, 0.25) is 0 Å². The normalized spacial score (nSPS) is 10.9. The van der Waals surface area contributed by atoms with Gasteiger partial charge in [-0.1, -0.05) is 15.9 Å². The molecule has 1 heterocycles. The second-order valence-electron chi connectivity index (χ2n) is 4.80. The number of nitrogen functional groups attached to an aromatic ring is 1. The summed E-state index contributed by atoms with van der Waals surface area (Å²) >= 11 is 3.55. The number of halogens is 1. The Hall–Kier alpha value is -2.01. The monoisotopic (exact) mass is 331 g/mol. The molecule has 2 aromatic carbocycles. The molecule has 0 spiro atoms. The quantitative estimate of drug-likeness (QED) is 0.677. The highest BCUT2D eigenvalue weighted by atomic mass is 79.9. The Labute approximate surface area is 125 Å². The Bertz CT molecular complexity index is 772. The molecule has 0 saturated heterocycles. The zero-order valence-corrected chi connectivity index (χ0v) is 12.8. The first-order valence-electron chi connectivity index (χ1n) is 6.23. The van der Waals surface area contributed by atoms with Crippen LogP contribution in [0.4, 0.5) is 17.4 Å². The Balaban J connectivity index is 1.96. The van der Waals surface area contributed by atoms with Gasteiger partial charge in [-0.2, -0.15) is 4.98 Å². The summed E-state index contributed by atoms with van der Waals surface area (Å²) in [5.41, 5.74) is 11.1. The van der Waals surface area contributed by atoms with Crippen molar-refractivity contribution < 1.29 is 4.42 Å². The lowest BCUT2D eigenvalue weighted by Gasteiger charge is -2.07. The van der Waals surface area contributed by atoms with Crippen LogP contribution in [0.15, 0.2) is 39.2 Å². The van der Waals surface area contributed by atoms with Crippen molar-refractivity contribution in [1.29, 1.82) is 0 Å². The third kappa shape index (κ3) is 2.36. The van der Waals surface area contributed by atoms with Crippen molar-refractivity contribution in [1.82, 2.24) is 4.98 Å². The Morgan fingerprint density at radius 3 is 2.55 bits per heavy atom. The van der Waals surface area contributed by atoms with Gasteiger partial charge in [0.25, 0.3) is 6.01 Å². The molecule has 20 heavy (non-hydrogen) atoms. The van der Waals surface area contributed by atoms with Gasteiger partial charge in [0.05, 0.1) is 0 Å². The molecule has 0 aliphatic heterocycles. The van der Waals surface area contributed by atoms with Crippen LogP contribution in [0, 0.1) is 13.8 Å².